The largest absolute Gasteiger partial charge is 0.322 e. The molecule has 0 bridgehead atoms. The Hall–Kier alpha value is -1.51. The highest BCUT2D eigenvalue weighted by atomic mass is 16.2. The molecule has 1 aromatic carbocycles. The predicted molar refractivity (Wildman–Crippen MR) is 79.5 cm³/mol. The van der Waals surface area contributed by atoms with Crippen molar-refractivity contribution in [2.45, 2.75) is 59.0 Å². The minimum atomic E-state index is 0.0305. The van der Waals surface area contributed by atoms with Crippen LogP contribution in [0.1, 0.15) is 44.2 Å². The van der Waals surface area contributed by atoms with E-state index in [4.69, 9.17) is 0 Å². The van der Waals surface area contributed by atoms with Gasteiger partial charge < -0.3 is 10.2 Å². The summed E-state index contributed by atoms with van der Waals surface area (Å²) in [6.07, 6.45) is 3.42. The van der Waals surface area contributed by atoms with E-state index in [9.17, 15) is 4.79 Å². The molecule has 2 rings (SSSR count). The molecule has 1 heterocycles. The fourth-order valence-electron chi connectivity index (χ4n) is 2.83. The summed E-state index contributed by atoms with van der Waals surface area (Å²) < 4.78 is 0. The highest BCUT2D eigenvalue weighted by Crippen LogP contribution is 2.24. The maximum absolute atomic E-state index is 12.4. The number of nitrogens with one attached hydrogen (secondary N) is 1. The fraction of sp³-hybridized carbons (Fsp3) is 0.562. The summed E-state index contributed by atoms with van der Waals surface area (Å²) in [5, 5.41) is 3.03. The van der Waals surface area contributed by atoms with E-state index < -0.39 is 0 Å². The van der Waals surface area contributed by atoms with Crippen LogP contribution in [0, 0.1) is 13.8 Å². The second-order valence-electron chi connectivity index (χ2n) is 5.77. The van der Waals surface area contributed by atoms with Crippen molar-refractivity contribution in [2.75, 3.05) is 5.32 Å². The lowest BCUT2D eigenvalue weighted by Crippen LogP contribution is -2.49. The number of anilines is 1. The van der Waals surface area contributed by atoms with E-state index >= 15 is 0 Å². The molecular weight excluding hydrogens is 236 g/mol. The van der Waals surface area contributed by atoms with Gasteiger partial charge in [0.1, 0.15) is 0 Å². The first kappa shape index (κ1) is 13.9. The molecule has 1 aromatic rings. The molecule has 0 aromatic heterocycles. The number of likely N-dealkylation sites (tertiary alicyclic amines) is 1. The lowest BCUT2D eigenvalue weighted by molar-refractivity contribution is 0.133. The molecule has 1 aliphatic heterocycles. The number of benzene rings is 1. The van der Waals surface area contributed by atoms with Crippen LogP contribution >= 0.6 is 0 Å². The number of aryl methyl sites for hydroxylation is 2. The van der Waals surface area contributed by atoms with Crippen LogP contribution in [-0.2, 0) is 0 Å². The Morgan fingerprint density at radius 2 is 1.79 bits per heavy atom. The van der Waals surface area contributed by atoms with Gasteiger partial charge in [-0.1, -0.05) is 6.07 Å². The van der Waals surface area contributed by atoms with Gasteiger partial charge in [-0.2, -0.15) is 0 Å². The Balaban J connectivity index is 2.09. The molecule has 3 heteroatoms. The number of hydrogen-bond donors (Lipinski definition) is 1. The van der Waals surface area contributed by atoms with E-state index in [1.807, 2.05) is 23.1 Å². The number of hydrogen-bond acceptors (Lipinski definition) is 1. The smallest absolute Gasteiger partial charge is 0.319 e. The van der Waals surface area contributed by atoms with Crippen LogP contribution in [0.4, 0.5) is 10.5 Å². The van der Waals surface area contributed by atoms with Crippen LogP contribution in [0.2, 0.25) is 0 Å². The normalized spacial score (nSPS) is 23.3. The van der Waals surface area contributed by atoms with Gasteiger partial charge in [-0.15, -0.1) is 0 Å². The van der Waals surface area contributed by atoms with Crippen molar-refractivity contribution in [3.63, 3.8) is 0 Å². The van der Waals surface area contributed by atoms with E-state index in [1.54, 1.807) is 0 Å². The molecule has 104 valence electrons. The lowest BCUT2D eigenvalue weighted by Gasteiger charge is -2.38. The fourth-order valence-corrected chi connectivity index (χ4v) is 2.83. The Labute approximate surface area is 116 Å². The third-order valence-corrected chi connectivity index (χ3v) is 4.19. The first-order valence-electron chi connectivity index (χ1n) is 7.15. The van der Waals surface area contributed by atoms with Gasteiger partial charge >= 0.3 is 6.03 Å². The van der Waals surface area contributed by atoms with Crippen LogP contribution in [0.25, 0.3) is 0 Å². The summed E-state index contributed by atoms with van der Waals surface area (Å²) >= 11 is 0. The maximum atomic E-state index is 12.4. The molecule has 2 amide bonds. The first-order chi connectivity index (χ1) is 8.99. The van der Waals surface area contributed by atoms with Crippen molar-refractivity contribution in [1.29, 1.82) is 0 Å². The molecule has 1 aliphatic rings. The van der Waals surface area contributed by atoms with Gasteiger partial charge in [-0.25, -0.2) is 4.79 Å². The number of carbonyl (C=O) groups is 1. The molecule has 0 aliphatic carbocycles. The average Bonchev–Trinajstić information content (AvgIpc) is 2.33. The number of urea groups is 1. The molecule has 0 saturated carbocycles. The molecule has 1 fully saturated rings. The molecule has 1 saturated heterocycles. The standard InChI is InChI=1S/C16H24N2O/c1-11-8-9-15(10-12(11)2)17-16(19)18-13(3)6-5-7-14(18)4/h8-10,13-14H,5-7H2,1-4H3,(H,17,19)/t13-,14+. The summed E-state index contributed by atoms with van der Waals surface area (Å²) in [7, 11) is 0. The van der Waals surface area contributed by atoms with E-state index in [0.717, 1.165) is 18.5 Å². The second kappa shape index (κ2) is 5.64. The Kier molecular flexibility index (Phi) is 4.13. The lowest BCUT2D eigenvalue weighted by atomic mass is 9.98. The van der Waals surface area contributed by atoms with Crippen molar-refractivity contribution in [1.82, 2.24) is 4.90 Å². The van der Waals surface area contributed by atoms with E-state index in [1.165, 1.54) is 17.5 Å². The minimum Gasteiger partial charge on any atom is -0.319 e. The van der Waals surface area contributed by atoms with Gasteiger partial charge in [0.15, 0.2) is 0 Å². The Morgan fingerprint density at radius 3 is 2.37 bits per heavy atom. The number of rotatable bonds is 1. The maximum Gasteiger partial charge on any atom is 0.322 e. The third-order valence-electron chi connectivity index (χ3n) is 4.19. The monoisotopic (exact) mass is 260 g/mol. The zero-order valence-electron chi connectivity index (χ0n) is 12.4. The quantitative estimate of drug-likeness (QED) is 0.810. The third kappa shape index (κ3) is 3.09. The molecule has 0 spiro atoms. The SMILES string of the molecule is Cc1ccc(NC(=O)N2[C@H](C)CCC[C@@H]2C)cc1C. The number of nitrogens with zero attached hydrogens (tertiary/aromatic N) is 1. The summed E-state index contributed by atoms with van der Waals surface area (Å²) in [4.78, 5) is 14.4. The van der Waals surface area contributed by atoms with Gasteiger partial charge in [-0.3, -0.25) is 0 Å². The molecule has 3 nitrogen and oxygen atoms in total. The molecule has 19 heavy (non-hydrogen) atoms. The predicted octanol–water partition coefficient (Wildman–Crippen LogP) is 4.10. The van der Waals surface area contributed by atoms with Crippen molar-refractivity contribution in [2.24, 2.45) is 0 Å². The van der Waals surface area contributed by atoms with Crippen LogP contribution < -0.4 is 5.32 Å². The highest BCUT2D eigenvalue weighted by Gasteiger charge is 2.28. The number of carbonyl (C=O) groups excluding carboxylic acids is 1. The van der Waals surface area contributed by atoms with Crippen molar-refractivity contribution in [3.05, 3.63) is 29.3 Å². The summed E-state index contributed by atoms with van der Waals surface area (Å²) in [6, 6.07) is 6.74. The number of amides is 2. The van der Waals surface area contributed by atoms with Gasteiger partial charge in [0.05, 0.1) is 0 Å². The van der Waals surface area contributed by atoms with Crippen LogP contribution in [0.3, 0.4) is 0 Å². The van der Waals surface area contributed by atoms with Gasteiger partial charge in [0.2, 0.25) is 0 Å². The van der Waals surface area contributed by atoms with Gasteiger partial charge in [-0.05, 0) is 70.2 Å². The molecule has 0 radical (unpaired) electrons. The van der Waals surface area contributed by atoms with E-state index in [-0.39, 0.29) is 6.03 Å². The minimum absolute atomic E-state index is 0.0305. The zero-order valence-corrected chi connectivity index (χ0v) is 12.4. The molecule has 0 unspecified atom stereocenters. The summed E-state index contributed by atoms with van der Waals surface area (Å²) in [6.45, 7) is 8.41. The van der Waals surface area contributed by atoms with E-state index in [0.29, 0.717) is 12.1 Å². The summed E-state index contributed by atoms with van der Waals surface area (Å²) in [5.74, 6) is 0. The van der Waals surface area contributed by atoms with Crippen molar-refractivity contribution < 1.29 is 4.79 Å². The van der Waals surface area contributed by atoms with E-state index in [2.05, 4.69) is 33.0 Å². The zero-order chi connectivity index (χ0) is 14.0. The van der Waals surface area contributed by atoms with Crippen molar-refractivity contribution >= 4 is 11.7 Å². The molecule has 1 N–H and O–H groups in total. The summed E-state index contributed by atoms with van der Waals surface area (Å²) in [5.41, 5.74) is 3.34. The first-order valence-corrected chi connectivity index (χ1v) is 7.15. The highest BCUT2D eigenvalue weighted by molar-refractivity contribution is 5.90. The van der Waals surface area contributed by atoms with Crippen LogP contribution in [0.5, 0.6) is 0 Å². The Morgan fingerprint density at radius 1 is 1.16 bits per heavy atom. The molecule has 2 atom stereocenters. The Bertz CT molecular complexity index is 460. The van der Waals surface area contributed by atoms with Crippen molar-refractivity contribution in [3.8, 4) is 0 Å². The second-order valence-corrected chi connectivity index (χ2v) is 5.77. The van der Waals surface area contributed by atoms with Gasteiger partial charge in [0, 0.05) is 17.8 Å². The topological polar surface area (TPSA) is 32.3 Å². The average molecular weight is 260 g/mol. The molecular formula is C16H24N2O. The van der Waals surface area contributed by atoms with Crippen LogP contribution in [-0.4, -0.2) is 23.0 Å². The van der Waals surface area contributed by atoms with Crippen LogP contribution in [0.15, 0.2) is 18.2 Å². The van der Waals surface area contributed by atoms with Gasteiger partial charge in [0.25, 0.3) is 0 Å². The number of piperidine rings is 1.